The van der Waals surface area contributed by atoms with Crippen molar-refractivity contribution in [2.45, 2.75) is 33.0 Å². The average molecular weight is 354 g/mol. The number of aromatic nitrogens is 3. The SMILES string of the molecule is Cc1cc(C)cc(Nc2ncc3c(n2)-c2nc(C(O)O)sc2CC3)c1. The van der Waals surface area contributed by atoms with E-state index >= 15 is 0 Å². The molecule has 0 amide bonds. The van der Waals surface area contributed by atoms with Gasteiger partial charge in [0.2, 0.25) is 12.2 Å². The van der Waals surface area contributed by atoms with Gasteiger partial charge in [0.05, 0.1) is 5.69 Å². The first-order valence-electron chi connectivity index (χ1n) is 8.07. The Morgan fingerprint density at radius 3 is 2.52 bits per heavy atom. The van der Waals surface area contributed by atoms with Gasteiger partial charge in [-0.3, -0.25) is 0 Å². The van der Waals surface area contributed by atoms with Gasteiger partial charge in [-0.1, -0.05) is 6.07 Å². The van der Waals surface area contributed by atoms with Crippen molar-refractivity contribution in [3.05, 3.63) is 51.0 Å². The largest absolute Gasteiger partial charge is 0.363 e. The summed E-state index contributed by atoms with van der Waals surface area (Å²) >= 11 is 1.33. The zero-order chi connectivity index (χ0) is 17.6. The summed E-state index contributed by atoms with van der Waals surface area (Å²) in [4.78, 5) is 14.5. The van der Waals surface area contributed by atoms with Gasteiger partial charge < -0.3 is 15.5 Å². The minimum atomic E-state index is -1.55. The topological polar surface area (TPSA) is 91.2 Å². The second-order valence-electron chi connectivity index (χ2n) is 6.27. The van der Waals surface area contributed by atoms with Crippen molar-refractivity contribution in [1.29, 1.82) is 0 Å². The molecule has 4 rings (SSSR count). The van der Waals surface area contributed by atoms with E-state index in [4.69, 9.17) is 0 Å². The van der Waals surface area contributed by atoms with E-state index in [0.717, 1.165) is 40.4 Å². The third-order valence-electron chi connectivity index (χ3n) is 4.12. The quantitative estimate of drug-likeness (QED) is 0.626. The lowest BCUT2D eigenvalue weighted by atomic mass is 10.00. The lowest BCUT2D eigenvalue weighted by Gasteiger charge is -2.15. The van der Waals surface area contributed by atoms with Gasteiger partial charge in [-0.05, 0) is 55.5 Å². The van der Waals surface area contributed by atoms with Crippen LogP contribution in [0.1, 0.15) is 32.9 Å². The number of thiazole rings is 1. The van der Waals surface area contributed by atoms with Crippen LogP contribution in [-0.2, 0) is 12.8 Å². The summed E-state index contributed by atoms with van der Waals surface area (Å²) in [5, 5.41) is 22.3. The molecular weight excluding hydrogens is 336 g/mol. The van der Waals surface area contributed by atoms with Crippen molar-refractivity contribution in [2.24, 2.45) is 0 Å². The second-order valence-corrected chi connectivity index (χ2v) is 7.38. The van der Waals surface area contributed by atoms with Crippen LogP contribution in [0.2, 0.25) is 0 Å². The van der Waals surface area contributed by atoms with Crippen molar-refractivity contribution in [1.82, 2.24) is 15.0 Å². The third kappa shape index (κ3) is 3.13. The molecule has 2 heterocycles. The predicted molar refractivity (Wildman–Crippen MR) is 96.9 cm³/mol. The lowest BCUT2D eigenvalue weighted by molar-refractivity contribution is -0.0425. The Labute approximate surface area is 149 Å². The molecule has 1 aliphatic carbocycles. The van der Waals surface area contributed by atoms with Crippen LogP contribution >= 0.6 is 11.3 Å². The summed E-state index contributed by atoms with van der Waals surface area (Å²) in [5.74, 6) is 0.510. The maximum Gasteiger partial charge on any atom is 0.227 e. The monoisotopic (exact) mass is 354 g/mol. The molecule has 1 aromatic carbocycles. The summed E-state index contributed by atoms with van der Waals surface area (Å²) < 4.78 is 0. The highest BCUT2D eigenvalue weighted by Crippen LogP contribution is 2.36. The summed E-state index contributed by atoms with van der Waals surface area (Å²) in [6.45, 7) is 4.10. The number of rotatable bonds is 3. The minimum absolute atomic E-state index is 0.306. The van der Waals surface area contributed by atoms with E-state index in [-0.39, 0.29) is 0 Å². The highest BCUT2D eigenvalue weighted by molar-refractivity contribution is 7.12. The summed E-state index contributed by atoms with van der Waals surface area (Å²) in [5.41, 5.74) is 5.82. The first-order chi connectivity index (χ1) is 12.0. The van der Waals surface area contributed by atoms with Crippen molar-refractivity contribution in [3.63, 3.8) is 0 Å². The van der Waals surface area contributed by atoms with Gasteiger partial charge in [0.25, 0.3) is 0 Å². The van der Waals surface area contributed by atoms with E-state index in [1.54, 1.807) is 0 Å². The summed E-state index contributed by atoms with van der Waals surface area (Å²) in [6, 6.07) is 6.21. The van der Waals surface area contributed by atoms with Crippen LogP contribution in [-0.4, -0.2) is 25.2 Å². The molecule has 7 heteroatoms. The number of aryl methyl sites for hydroxylation is 4. The van der Waals surface area contributed by atoms with E-state index in [1.165, 1.54) is 22.5 Å². The lowest BCUT2D eigenvalue weighted by Crippen LogP contribution is -2.08. The van der Waals surface area contributed by atoms with Crippen molar-refractivity contribution in [2.75, 3.05) is 5.32 Å². The van der Waals surface area contributed by atoms with E-state index in [2.05, 4.69) is 40.2 Å². The molecule has 2 aromatic heterocycles. The molecule has 0 atom stereocenters. The van der Waals surface area contributed by atoms with Gasteiger partial charge in [0.15, 0.2) is 0 Å². The van der Waals surface area contributed by atoms with Crippen LogP contribution in [0.15, 0.2) is 24.4 Å². The van der Waals surface area contributed by atoms with Crippen LogP contribution in [0.4, 0.5) is 11.6 Å². The molecule has 0 saturated carbocycles. The first-order valence-corrected chi connectivity index (χ1v) is 8.88. The minimum Gasteiger partial charge on any atom is -0.363 e. The number of hydrogen-bond acceptors (Lipinski definition) is 7. The molecular formula is C18H18N4O2S. The molecule has 1 aliphatic rings. The number of nitrogens with one attached hydrogen (secondary N) is 1. The van der Waals surface area contributed by atoms with E-state index in [9.17, 15) is 10.2 Å². The number of nitrogens with zero attached hydrogens (tertiary/aromatic N) is 3. The Morgan fingerprint density at radius 1 is 1.04 bits per heavy atom. The maximum absolute atomic E-state index is 9.38. The predicted octanol–water partition coefficient (Wildman–Crippen LogP) is 3.04. The fraction of sp³-hybridized carbons (Fsp3) is 0.278. The molecule has 0 bridgehead atoms. The van der Waals surface area contributed by atoms with Gasteiger partial charge in [0.1, 0.15) is 10.7 Å². The highest BCUT2D eigenvalue weighted by Gasteiger charge is 2.24. The van der Waals surface area contributed by atoms with Crippen molar-refractivity contribution < 1.29 is 10.2 Å². The van der Waals surface area contributed by atoms with Gasteiger partial charge in [-0.25, -0.2) is 15.0 Å². The van der Waals surface area contributed by atoms with Gasteiger partial charge in [0, 0.05) is 16.8 Å². The van der Waals surface area contributed by atoms with Crippen LogP contribution in [0.25, 0.3) is 11.4 Å². The normalized spacial score (nSPS) is 12.8. The summed E-state index contributed by atoms with van der Waals surface area (Å²) in [6.07, 6.45) is 1.92. The molecule has 25 heavy (non-hydrogen) atoms. The smallest absolute Gasteiger partial charge is 0.227 e. The molecule has 0 unspecified atom stereocenters. The zero-order valence-corrected chi connectivity index (χ0v) is 14.8. The second kappa shape index (κ2) is 6.18. The van der Waals surface area contributed by atoms with E-state index < -0.39 is 6.29 Å². The molecule has 128 valence electrons. The first kappa shape index (κ1) is 16.1. The molecule has 6 nitrogen and oxygen atoms in total. The number of fused-ring (bicyclic) bond motifs is 3. The molecule has 3 N–H and O–H groups in total. The standard InChI is InChI=1S/C18H18N4O2S/c1-9-5-10(2)7-12(6-9)20-18-19-8-11-3-4-13-15(14(11)22-18)21-16(25-13)17(23)24/h5-8,17,23-24H,3-4H2,1-2H3,(H,19,20,22). The number of anilines is 2. The van der Waals surface area contributed by atoms with E-state index in [0.29, 0.717) is 11.0 Å². The van der Waals surface area contributed by atoms with Gasteiger partial charge in [-0.2, -0.15) is 0 Å². The van der Waals surface area contributed by atoms with Crippen molar-refractivity contribution in [3.8, 4) is 11.4 Å². The maximum atomic E-state index is 9.38. The fourth-order valence-corrected chi connectivity index (χ4v) is 4.05. The number of hydrogen-bond donors (Lipinski definition) is 3. The number of benzene rings is 1. The fourth-order valence-electron chi connectivity index (χ4n) is 3.11. The highest BCUT2D eigenvalue weighted by atomic mass is 32.1. The Bertz CT molecular complexity index is 932. The Balaban J connectivity index is 1.71. The van der Waals surface area contributed by atoms with Crippen LogP contribution in [0.5, 0.6) is 0 Å². The van der Waals surface area contributed by atoms with E-state index in [1.807, 2.05) is 18.3 Å². The molecule has 0 aliphatic heterocycles. The average Bonchev–Trinajstić information content (AvgIpc) is 2.99. The van der Waals surface area contributed by atoms with Crippen LogP contribution in [0.3, 0.4) is 0 Å². The zero-order valence-electron chi connectivity index (χ0n) is 13.9. The third-order valence-corrected chi connectivity index (χ3v) is 5.28. The van der Waals surface area contributed by atoms with Crippen LogP contribution in [0, 0.1) is 13.8 Å². The number of aliphatic hydroxyl groups is 2. The molecule has 0 saturated heterocycles. The Morgan fingerprint density at radius 2 is 1.80 bits per heavy atom. The molecule has 0 spiro atoms. The Kier molecular flexibility index (Phi) is 3.99. The molecule has 0 radical (unpaired) electrons. The molecule has 3 aromatic rings. The van der Waals surface area contributed by atoms with Crippen LogP contribution < -0.4 is 5.32 Å². The Hall–Kier alpha value is -2.35. The van der Waals surface area contributed by atoms with Gasteiger partial charge in [-0.15, -0.1) is 11.3 Å². The van der Waals surface area contributed by atoms with Crippen molar-refractivity contribution >= 4 is 23.0 Å². The summed E-state index contributed by atoms with van der Waals surface area (Å²) in [7, 11) is 0. The number of aliphatic hydroxyl groups excluding tert-OH is 1. The molecule has 0 fully saturated rings. The van der Waals surface area contributed by atoms with Gasteiger partial charge >= 0.3 is 0 Å².